The quantitative estimate of drug-likeness (QED) is 0.827. The Bertz CT molecular complexity index is 544. The van der Waals surface area contributed by atoms with Crippen LogP contribution in [0, 0.1) is 17.2 Å². The number of nitrogens with zero attached hydrogens (tertiary/aromatic N) is 2. The monoisotopic (exact) mass is 283 g/mol. The largest absolute Gasteiger partial charge is 0.366 e. The van der Waals surface area contributed by atoms with E-state index in [1.807, 2.05) is 0 Å². The van der Waals surface area contributed by atoms with Crippen molar-refractivity contribution in [1.29, 1.82) is 5.26 Å². The zero-order chi connectivity index (χ0) is 14.7. The van der Waals surface area contributed by atoms with E-state index in [4.69, 9.17) is 4.98 Å². The Balaban J connectivity index is 1.85. The summed E-state index contributed by atoms with van der Waals surface area (Å²) in [5, 5.41) is 13.0. The number of nitriles is 1. The summed E-state index contributed by atoms with van der Waals surface area (Å²) in [6.07, 6.45) is 11.0. The lowest BCUT2D eigenvalue weighted by Crippen LogP contribution is -2.27. The van der Waals surface area contributed by atoms with Gasteiger partial charge >= 0.3 is 0 Å². The first-order valence-electron chi connectivity index (χ1n) is 8.47. The molecule has 0 aliphatic heterocycles. The lowest BCUT2D eigenvalue weighted by molar-refractivity contribution is 0.455. The molecule has 0 radical (unpaired) electrons. The van der Waals surface area contributed by atoms with Crippen molar-refractivity contribution in [3.63, 3.8) is 0 Å². The maximum atomic E-state index is 9.44. The Labute approximate surface area is 127 Å². The summed E-state index contributed by atoms with van der Waals surface area (Å²) in [5.74, 6) is 1.49. The van der Waals surface area contributed by atoms with Crippen LogP contribution >= 0.6 is 0 Å². The summed E-state index contributed by atoms with van der Waals surface area (Å²) in [5.41, 5.74) is 3.23. The van der Waals surface area contributed by atoms with Crippen LogP contribution in [0.3, 0.4) is 0 Å². The predicted molar refractivity (Wildman–Crippen MR) is 85.3 cm³/mol. The maximum absolute atomic E-state index is 9.44. The third-order valence-electron chi connectivity index (χ3n) is 5.10. The summed E-state index contributed by atoms with van der Waals surface area (Å²) in [6, 6.07) is 4.88. The highest BCUT2D eigenvalue weighted by Gasteiger charge is 2.22. The van der Waals surface area contributed by atoms with Gasteiger partial charge in [-0.3, -0.25) is 0 Å². The van der Waals surface area contributed by atoms with Gasteiger partial charge in [-0.2, -0.15) is 5.26 Å². The molecule has 3 rings (SSSR count). The number of rotatable bonds is 2. The minimum Gasteiger partial charge on any atom is -0.366 e. The van der Waals surface area contributed by atoms with Crippen molar-refractivity contribution in [2.75, 3.05) is 5.32 Å². The van der Waals surface area contributed by atoms with Crippen LogP contribution < -0.4 is 5.32 Å². The van der Waals surface area contributed by atoms with Gasteiger partial charge < -0.3 is 5.32 Å². The van der Waals surface area contributed by atoms with E-state index in [0.717, 1.165) is 24.2 Å². The van der Waals surface area contributed by atoms with E-state index in [2.05, 4.69) is 24.4 Å². The van der Waals surface area contributed by atoms with Gasteiger partial charge in [-0.1, -0.05) is 26.2 Å². The van der Waals surface area contributed by atoms with Crippen molar-refractivity contribution in [3.05, 3.63) is 22.9 Å². The third-order valence-corrected chi connectivity index (χ3v) is 5.10. The van der Waals surface area contributed by atoms with Crippen LogP contribution in [0.5, 0.6) is 0 Å². The Morgan fingerprint density at radius 1 is 1.14 bits per heavy atom. The molecule has 21 heavy (non-hydrogen) atoms. The van der Waals surface area contributed by atoms with Crippen molar-refractivity contribution in [2.45, 2.75) is 70.8 Å². The van der Waals surface area contributed by atoms with Gasteiger partial charge in [0.25, 0.3) is 0 Å². The van der Waals surface area contributed by atoms with E-state index in [1.54, 1.807) is 0 Å². The van der Waals surface area contributed by atoms with E-state index < -0.39 is 0 Å². The molecule has 0 aromatic carbocycles. The van der Waals surface area contributed by atoms with Gasteiger partial charge in [0.15, 0.2) is 0 Å². The lowest BCUT2D eigenvalue weighted by atomic mass is 9.94. The predicted octanol–water partition coefficient (Wildman–Crippen LogP) is 4.21. The van der Waals surface area contributed by atoms with Crippen molar-refractivity contribution >= 4 is 5.82 Å². The molecule has 2 unspecified atom stereocenters. The highest BCUT2D eigenvalue weighted by Crippen LogP contribution is 2.29. The molecule has 2 aliphatic rings. The molecule has 3 heteroatoms. The molecule has 2 aliphatic carbocycles. The Kier molecular flexibility index (Phi) is 4.43. The van der Waals surface area contributed by atoms with Crippen molar-refractivity contribution < 1.29 is 0 Å². The summed E-state index contributed by atoms with van der Waals surface area (Å²) >= 11 is 0. The fourth-order valence-corrected chi connectivity index (χ4v) is 3.71. The first-order chi connectivity index (χ1) is 10.3. The second-order valence-electron chi connectivity index (χ2n) is 6.68. The van der Waals surface area contributed by atoms with Crippen LogP contribution in [-0.4, -0.2) is 11.0 Å². The number of hydrogen-bond acceptors (Lipinski definition) is 3. The standard InChI is InChI=1S/C18H25N3/c1-13-7-3-2-4-9-16(13)20-18-15(12-19)11-14-8-5-6-10-17(14)21-18/h11,13,16H,2-10H2,1H3,(H,20,21). The van der Waals surface area contributed by atoms with E-state index in [0.29, 0.717) is 12.0 Å². The molecular formula is C18H25N3. The molecule has 3 nitrogen and oxygen atoms in total. The summed E-state index contributed by atoms with van der Waals surface area (Å²) in [4.78, 5) is 4.81. The van der Waals surface area contributed by atoms with Crippen LogP contribution in [0.15, 0.2) is 6.07 Å². The third kappa shape index (κ3) is 3.20. The van der Waals surface area contributed by atoms with E-state index in [1.165, 1.54) is 56.2 Å². The second kappa shape index (κ2) is 6.47. The number of fused-ring (bicyclic) bond motifs is 1. The van der Waals surface area contributed by atoms with Gasteiger partial charge in [-0.25, -0.2) is 4.98 Å². The average molecular weight is 283 g/mol. The number of hydrogen-bond donors (Lipinski definition) is 1. The second-order valence-corrected chi connectivity index (χ2v) is 6.68. The highest BCUT2D eigenvalue weighted by atomic mass is 15.0. The zero-order valence-corrected chi connectivity index (χ0v) is 13.0. The highest BCUT2D eigenvalue weighted by molar-refractivity contribution is 5.55. The number of anilines is 1. The number of aromatic nitrogens is 1. The van der Waals surface area contributed by atoms with Gasteiger partial charge in [0.05, 0.1) is 5.56 Å². The van der Waals surface area contributed by atoms with Crippen LogP contribution in [0.4, 0.5) is 5.82 Å². The molecular weight excluding hydrogens is 258 g/mol. The zero-order valence-electron chi connectivity index (χ0n) is 13.0. The molecule has 1 aromatic heterocycles. The molecule has 0 spiro atoms. The number of nitrogens with one attached hydrogen (secondary N) is 1. The van der Waals surface area contributed by atoms with Crippen LogP contribution in [0.2, 0.25) is 0 Å². The number of pyridine rings is 1. The maximum Gasteiger partial charge on any atom is 0.144 e. The van der Waals surface area contributed by atoms with Crippen LogP contribution in [0.1, 0.15) is 68.7 Å². The first-order valence-corrected chi connectivity index (χ1v) is 8.47. The van der Waals surface area contributed by atoms with Crippen molar-refractivity contribution in [3.8, 4) is 6.07 Å². The van der Waals surface area contributed by atoms with Gasteiger partial charge in [-0.15, -0.1) is 0 Å². The Morgan fingerprint density at radius 2 is 1.95 bits per heavy atom. The summed E-state index contributed by atoms with van der Waals surface area (Å²) < 4.78 is 0. The SMILES string of the molecule is CC1CCCCCC1Nc1nc2c(cc1C#N)CCCC2. The van der Waals surface area contributed by atoms with Crippen LogP contribution in [0.25, 0.3) is 0 Å². The first kappa shape index (κ1) is 14.4. The topological polar surface area (TPSA) is 48.7 Å². The minimum absolute atomic E-state index is 0.466. The molecule has 0 bridgehead atoms. The summed E-state index contributed by atoms with van der Waals surface area (Å²) in [7, 11) is 0. The molecule has 1 heterocycles. The fourth-order valence-electron chi connectivity index (χ4n) is 3.71. The molecule has 0 amide bonds. The van der Waals surface area contributed by atoms with Gasteiger partial charge in [0.2, 0.25) is 0 Å². The Hall–Kier alpha value is -1.56. The van der Waals surface area contributed by atoms with Gasteiger partial charge in [0, 0.05) is 11.7 Å². The van der Waals surface area contributed by atoms with Gasteiger partial charge in [-0.05, 0) is 56.1 Å². The molecule has 1 saturated carbocycles. The fraction of sp³-hybridized carbons (Fsp3) is 0.667. The summed E-state index contributed by atoms with van der Waals surface area (Å²) in [6.45, 7) is 2.33. The number of aryl methyl sites for hydroxylation is 2. The average Bonchev–Trinajstić information content (AvgIpc) is 2.71. The molecule has 1 aromatic rings. The van der Waals surface area contributed by atoms with Gasteiger partial charge in [0.1, 0.15) is 11.9 Å². The minimum atomic E-state index is 0.466. The molecule has 0 saturated heterocycles. The smallest absolute Gasteiger partial charge is 0.144 e. The van der Waals surface area contributed by atoms with E-state index >= 15 is 0 Å². The molecule has 112 valence electrons. The van der Waals surface area contributed by atoms with Crippen LogP contribution in [-0.2, 0) is 12.8 Å². The Morgan fingerprint density at radius 3 is 2.81 bits per heavy atom. The lowest BCUT2D eigenvalue weighted by Gasteiger charge is -2.25. The molecule has 1 N–H and O–H groups in total. The molecule has 1 fully saturated rings. The van der Waals surface area contributed by atoms with E-state index in [-0.39, 0.29) is 0 Å². The van der Waals surface area contributed by atoms with E-state index in [9.17, 15) is 5.26 Å². The normalized spacial score (nSPS) is 25.5. The van der Waals surface area contributed by atoms with Crippen molar-refractivity contribution in [2.24, 2.45) is 5.92 Å². The van der Waals surface area contributed by atoms with Crippen molar-refractivity contribution in [1.82, 2.24) is 4.98 Å². The molecule has 2 atom stereocenters.